The van der Waals surface area contributed by atoms with Crippen LogP contribution < -0.4 is 5.32 Å². The lowest BCUT2D eigenvalue weighted by Crippen LogP contribution is -2.07. The lowest BCUT2D eigenvalue weighted by molar-refractivity contribution is 0.0600. The number of nitrogens with one attached hydrogen (secondary N) is 1. The minimum Gasteiger partial charge on any atom is -0.465 e. The highest BCUT2D eigenvalue weighted by Gasteiger charge is 2.09. The van der Waals surface area contributed by atoms with E-state index in [1.54, 1.807) is 24.1 Å². The zero-order valence-corrected chi connectivity index (χ0v) is 11.2. The van der Waals surface area contributed by atoms with E-state index in [0.29, 0.717) is 23.8 Å². The SMILES string of the molecule is COC(=O)c1cc(Cl)nc(NCc2ncn(C)n2)c1. The van der Waals surface area contributed by atoms with Crippen LogP contribution in [0.1, 0.15) is 16.2 Å². The number of nitrogens with zero attached hydrogens (tertiary/aromatic N) is 4. The van der Waals surface area contributed by atoms with Crippen molar-refractivity contribution in [3.8, 4) is 0 Å². The molecule has 0 aliphatic heterocycles. The van der Waals surface area contributed by atoms with Crippen molar-refractivity contribution >= 4 is 23.4 Å². The molecule has 2 heterocycles. The van der Waals surface area contributed by atoms with Gasteiger partial charge in [0.25, 0.3) is 0 Å². The summed E-state index contributed by atoms with van der Waals surface area (Å²) >= 11 is 5.84. The van der Waals surface area contributed by atoms with Gasteiger partial charge < -0.3 is 10.1 Å². The van der Waals surface area contributed by atoms with Crippen LogP contribution >= 0.6 is 11.6 Å². The molecule has 2 aromatic heterocycles. The Morgan fingerprint density at radius 3 is 2.95 bits per heavy atom. The highest BCUT2D eigenvalue weighted by molar-refractivity contribution is 6.29. The van der Waals surface area contributed by atoms with E-state index in [4.69, 9.17) is 11.6 Å². The first-order chi connectivity index (χ1) is 9.08. The molecule has 0 fully saturated rings. The Morgan fingerprint density at radius 1 is 1.53 bits per heavy atom. The van der Waals surface area contributed by atoms with Gasteiger partial charge >= 0.3 is 5.97 Å². The molecule has 100 valence electrons. The van der Waals surface area contributed by atoms with E-state index in [1.165, 1.54) is 13.2 Å². The average molecular weight is 282 g/mol. The number of hydrogen-bond acceptors (Lipinski definition) is 6. The van der Waals surface area contributed by atoms with E-state index in [-0.39, 0.29) is 5.15 Å². The van der Waals surface area contributed by atoms with E-state index >= 15 is 0 Å². The fraction of sp³-hybridized carbons (Fsp3) is 0.273. The number of halogens is 1. The van der Waals surface area contributed by atoms with Crippen LogP contribution in [0.3, 0.4) is 0 Å². The van der Waals surface area contributed by atoms with Gasteiger partial charge in [0, 0.05) is 7.05 Å². The van der Waals surface area contributed by atoms with Gasteiger partial charge in [-0.2, -0.15) is 5.10 Å². The van der Waals surface area contributed by atoms with Crippen molar-refractivity contribution in [2.24, 2.45) is 7.05 Å². The van der Waals surface area contributed by atoms with Gasteiger partial charge in [-0.15, -0.1) is 0 Å². The first kappa shape index (κ1) is 13.3. The van der Waals surface area contributed by atoms with Crippen molar-refractivity contribution in [2.75, 3.05) is 12.4 Å². The molecule has 1 N–H and O–H groups in total. The summed E-state index contributed by atoms with van der Waals surface area (Å²) in [4.78, 5) is 19.6. The number of carbonyl (C=O) groups excluding carboxylic acids is 1. The van der Waals surface area contributed by atoms with Gasteiger partial charge in [-0.1, -0.05) is 11.6 Å². The fourth-order valence-electron chi connectivity index (χ4n) is 1.46. The summed E-state index contributed by atoms with van der Waals surface area (Å²) in [5.74, 6) is 0.604. The molecule has 0 bridgehead atoms. The van der Waals surface area contributed by atoms with Crippen LogP contribution in [0.5, 0.6) is 0 Å². The molecule has 0 aromatic carbocycles. The minimum absolute atomic E-state index is 0.208. The largest absolute Gasteiger partial charge is 0.465 e. The minimum atomic E-state index is -0.469. The highest BCUT2D eigenvalue weighted by Crippen LogP contribution is 2.15. The summed E-state index contributed by atoms with van der Waals surface area (Å²) < 4.78 is 6.23. The summed E-state index contributed by atoms with van der Waals surface area (Å²) in [6, 6.07) is 3.00. The van der Waals surface area contributed by atoms with Gasteiger partial charge in [-0.05, 0) is 12.1 Å². The summed E-state index contributed by atoms with van der Waals surface area (Å²) in [5, 5.41) is 7.31. The molecular weight excluding hydrogens is 270 g/mol. The molecule has 0 amide bonds. The summed E-state index contributed by atoms with van der Waals surface area (Å²) in [6.45, 7) is 0.384. The molecule has 0 saturated carbocycles. The van der Waals surface area contributed by atoms with Crippen molar-refractivity contribution < 1.29 is 9.53 Å². The van der Waals surface area contributed by atoms with Gasteiger partial charge in [-0.25, -0.2) is 14.8 Å². The molecule has 0 aliphatic rings. The van der Waals surface area contributed by atoms with Crippen LogP contribution in [0, 0.1) is 0 Å². The number of carbonyl (C=O) groups is 1. The first-order valence-electron chi connectivity index (χ1n) is 5.43. The molecule has 19 heavy (non-hydrogen) atoms. The molecule has 2 aromatic rings. The quantitative estimate of drug-likeness (QED) is 0.671. The number of anilines is 1. The van der Waals surface area contributed by atoms with Crippen LogP contribution in [-0.4, -0.2) is 32.8 Å². The number of methoxy groups -OCH3 is 1. The number of rotatable bonds is 4. The van der Waals surface area contributed by atoms with Gasteiger partial charge in [0.2, 0.25) is 0 Å². The Bertz CT molecular complexity index is 599. The molecular formula is C11H12ClN5O2. The third-order valence-corrected chi connectivity index (χ3v) is 2.48. The van der Waals surface area contributed by atoms with Crippen LogP contribution in [0.2, 0.25) is 5.15 Å². The molecule has 0 atom stereocenters. The van der Waals surface area contributed by atoms with Crippen LogP contribution in [0.15, 0.2) is 18.5 Å². The predicted octanol–water partition coefficient (Wildman–Crippen LogP) is 1.26. The van der Waals surface area contributed by atoms with Gasteiger partial charge in [-0.3, -0.25) is 4.68 Å². The topological polar surface area (TPSA) is 81.9 Å². The number of pyridine rings is 1. The Balaban J connectivity index is 2.11. The van der Waals surface area contributed by atoms with E-state index in [1.807, 2.05) is 0 Å². The standard InChI is InChI=1S/C11H12ClN5O2/c1-17-6-14-10(16-17)5-13-9-4-7(11(18)19-2)3-8(12)15-9/h3-4,6H,5H2,1-2H3,(H,13,15). The maximum atomic E-state index is 11.4. The Labute approximate surface area is 114 Å². The molecule has 0 unspecified atom stereocenters. The third kappa shape index (κ3) is 3.41. The van der Waals surface area contributed by atoms with Crippen LogP contribution in [0.25, 0.3) is 0 Å². The lowest BCUT2D eigenvalue weighted by atomic mass is 10.2. The molecule has 8 heteroatoms. The summed E-state index contributed by atoms with van der Waals surface area (Å²) in [6.07, 6.45) is 1.60. The molecule has 0 saturated heterocycles. The smallest absolute Gasteiger partial charge is 0.338 e. The van der Waals surface area contributed by atoms with Crippen molar-refractivity contribution in [2.45, 2.75) is 6.54 Å². The van der Waals surface area contributed by atoms with Crippen molar-refractivity contribution in [3.63, 3.8) is 0 Å². The van der Waals surface area contributed by atoms with Crippen LogP contribution in [-0.2, 0) is 18.3 Å². The average Bonchev–Trinajstić information content (AvgIpc) is 2.80. The molecule has 0 spiro atoms. The zero-order valence-electron chi connectivity index (χ0n) is 10.4. The maximum Gasteiger partial charge on any atom is 0.338 e. The second kappa shape index (κ2) is 5.66. The number of ether oxygens (including phenoxy) is 1. The zero-order chi connectivity index (χ0) is 13.8. The van der Waals surface area contributed by atoms with E-state index < -0.39 is 5.97 Å². The lowest BCUT2D eigenvalue weighted by Gasteiger charge is -2.06. The van der Waals surface area contributed by atoms with Crippen molar-refractivity contribution in [3.05, 3.63) is 35.0 Å². The van der Waals surface area contributed by atoms with E-state index in [0.717, 1.165) is 0 Å². The normalized spacial score (nSPS) is 10.3. The Morgan fingerprint density at radius 2 is 2.32 bits per heavy atom. The van der Waals surface area contributed by atoms with Gasteiger partial charge in [0.05, 0.1) is 19.2 Å². The maximum absolute atomic E-state index is 11.4. The number of aryl methyl sites for hydroxylation is 1. The second-order valence-corrected chi connectivity index (χ2v) is 4.13. The number of hydrogen-bond donors (Lipinski definition) is 1. The highest BCUT2D eigenvalue weighted by atomic mass is 35.5. The summed E-state index contributed by atoms with van der Waals surface area (Å²) in [5.41, 5.74) is 0.332. The number of aromatic nitrogens is 4. The second-order valence-electron chi connectivity index (χ2n) is 3.74. The van der Waals surface area contributed by atoms with E-state index in [2.05, 4.69) is 25.1 Å². The predicted molar refractivity (Wildman–Crippen MR) is 68.9 cm³/mol. The van der Waals surface area contributed by atoms with E-state index in [9.17, 15) is 4.79 Å². The Hall–Kier alpha value is -2.15. The number of esters is 1. The van der Waals surface area contributed by atoms with Crippen LogP contribution in [0.4, 0.5) is 5.82 Å². The molecule has 2 rings (SSSR count). The molecule has 0 aliphatic carbocycles. The van der Waals surface area contributed by atoms with Crippen molar-refractivity contribution in [1.82, 2.24) is 19.7 Å². The van der Waals surface area contributed by atoms with Gasteiger partial charge in [0.15, 0.2) is 5.82 Å². The first-order valence-corrected chi connectivity index (χ1v) is 5.80. The van der Waals surface area contributed by atoms with Gasteiger partial charge in [0.1, 0.15) is 17.3 Å². The monoisotopic (exact) mass is 281 g/mol. The Kier molecular flexibility index (Phi) is 3.96. The third-order valence-electron chi connectivity index (χ3n) is 2.29. The molecule has 0 radical (unpaired) electrons. The fourth-order valence-corrected chi connectivity index (χ4v) is 1.67. The summed E-state index contributed by atoms with van der Waals surface area (Å²) in [7, 11) is 3.09. The molecule has 7 nitrogen and oxygen atoms in total. The van der Waals surface area contributed by atoms with Crippen molar-refractivity contribution in [1.29, 1.82) is 0 Å².